The van der Waals surface area contributed by atoms with E-state index < -0.39 is 18.7 Å². The van der Waals surface area contributed by atoms with E-state index in [1.165, 1.54) is 7.11 Å². The van der Waals surface area contributed by atoms with Gasteiger partial charge in [0.2, 0.25) is 0 Å². The van der Waals surface area contributed by atoms with Gasteiger partial charge in [-0.15, -0.1) is 6.58 Å². The molecule has 1 atom stereocenters. The van der Waals surface area contributed by atoms with Gasteiger partial charge >= 0.3 is 13.6 Å². The zero-order chi connectivity index (χ0) is 15.9. The highest BCUT2D eigenvalue weighted by atomic mass is 31.2. The largest absolute Gasteiger partial charge is 0.468 e. The van der Waals surface area contributed by atoms with Crippen molar-refractivity contribution in [3.63, 3.8) is 0 Å². The fraction of sp³-hybridized carbons (Fsp3) is 0.667. The van der Waals surface area contributed by atoms with Crippen molar-refractivity contribution in [1.29, 1.82) is 0 Å². The molecule has 0 aromatic rings. The second-order valence-corrected chi connectivity index (χ2v) is 7.07. The third-order valence-electron chi connectivity index (χ3n) is 3.64. The number of esters is 1. The highest BCUT2D eigenvalue weighted by Gasteiger charge is 2.61. The number of hydrogen-bond donors (Lipinski definition) is 0. The molecule has 1 unspecified atom stereocenters. The molecule has 0 bridgehead atoms. The Labute approximate surface area is 126 Å². The Morgan fingerprint density at radius 2 is 2.00 bits per heavy atom. The summed E-state index contributed by atoms with van der Waals surface area (Å²) in [6.07, 6.45) is 6.09. The number of carbonyl (C=O) groups is 1. The first kappa shape index (κ1) is 18.1. The SMILES string of the molecule is C=CC/C=C1\CCCC1(C(=O)OC)P(=O)(OCC)OCC. The van der Waals surface area contributed by atoms with Gasteiger partial charge in [-0.1, -0.05) is 12.2 Å². The summed E-state index contributed by atoms with van der Waals surface area (Å²) in [6.45, 7) is 7.57. The lowest BCUT2D eigenvalue weighted by atomic mass is 10.0. The van der Waals surface area contributed by atoms with Crippen molar-refractivity contribution < 1.29 is 23.1 Å². The first-order valence-corrected chi connectivity index (χ1v) is 8.84. The monoisotopic (exact) mass is 316 g/mol. The van der Waals surface area contributed by atoms with Gasteiger partial charge in [-0.2, -0.15) is 0 Å². The van der Waals surface area contributed by atoms with Gasteiger partial charge < -0.3 is 13.8 Å². The first-order chi connectivity index (χ1) is 10.0. The number of methoxy groups -OCH3 is 1. The van der Waals surface area contributed by atoms with Gasteiger partial charge in [-0.3, -0.25) is 9.36 Å². The Morgan fingerprint density at radius 1 is 1.38 bits per heavy atom. The molecule has 1 saturated carbocycles. The molecule has 0 aliphatic heterocycles. The minimum Gasteiger partial charge on any atom is -0.468 e. The highest BCUT2D eigenvalue weighted by Crippen LogP contribution is 2.68. The topological polar surface area (TPSA) is 61.8 Å². The molecule has 21 heavy (non-hydrogen) atoms. The van der Waals surface area contributed by atoms with Crippen molar-refractivity contribution in [1.82, 2.24) is 0 Å². The molecule has 0 heterocycles. The third kappa shape index (κ3) is 3.31. The molecule has 6 heteroatoms. The normalized spacial score (nSPS) is 24.2. The van der Waals surface area contributed by atoms with Gasteiger partial charge in [0.25, 0.3) is 0 Å². The van der Waals surface area contributed by atoms with Gasteiger partial charge in [0.05, 0.1) is 20.3 Å². The molecule has 0 radical (unpaired) electrons. The predicted molar refractivity (Wildman–Crippen MR) is 82.4 cm³/mol. The highest BCUT2D eigenvalue weighted by molar-refractivity contribution is 7.57. The van der Waals surface area contributed by atoms with Crippen LogP contribution in [0.15, 0.2) is 24.3 Å². The molecule has 1 aliphatic rings. The van der Waals surface area contributed by atoms with Crippen LogP contribution < -0.4 is 0 Å². The fourth-order valence-electron chi connectivity index (χ4n) is 2.82. The van der Waals surface area contributed by atoms with Crippen LogP contribution >= 0.6 is 7.60 Å². The Balaban J connectivity index is 3.41. The van der Waals surface area contributed by atoms with Crippen molar-refractivity contribution in [3.8, 4) is 0 Å². The van der Waals surface area contributed by atoms with E-state index in [0.717, 1.165) is 12.0 Å². The van der Waals surface area contributed by atoms with Crippen LogP contribution in [-0.4, -0.2) is 31.4 Å². The minimum atomic E-state index is -3.64. The van der Waals surface area contributed by atoms with Crippen molar-refractivity contribution >= 4 is 13.6 Å². The molecule has 0 N–H and O–H groups in total. The van der Waals surface area contributed by atoms with Gasteiger partial charge in [0.15, 0.2) is 5.16 Å². The van der Waals surface area contributed by atoms with Crippen LogP contribution in [0.3, 0.4) is 0 Å². The van der Waals surface area contributed by atoms with E-state index in [9.17, 15) is 9.36 Å². The molecule has 0 aromatic heterocycles. The molecule has 0 amide bonds. The second kappa shape index (κ2) is 7.92. The maximum Gasteiger partial charge on any atom is 0.352 e. The van der Waals surface area contributed by atoms with E-state index in [1.54, 1.807) is 19.9 Å². The van der Waals surface area contributed by atoms with Gasteiger partial charge in [0, 0.05) is 0 Å². The molecule has 0 aromatic carbocycles. The molecular formula is C15H25O5P. The average Bonchev–Trinajstić information content (AvgIpc) is 2.90. The van der Waals surface area contributed by atoms with Crippen molar-refractivity contribution in [3.05, 3.63) is 24.3 Å². The molecule has 1 aliphatic carbocycles. The summed E-state index contributed by atoms with van der Waals surface area (Å²) in [4.78, 5) is 12.5. The fourth-order valence-corrected chi connectivity index (χ4v) is 5.32. The van der Waals surface area contributed by atoms with Crippen LogP contribution in [0.1, 0.15) is 39.5 Å². The smallest absolute Gasteiger partial charge is 0.352 e. The molecule has 0 saturated heterocycles. The predicted octanol–water partition coefficient (Wildman–Crippen LogP) is 3.85. The summed E-state index contributed by atoms with van der Waals surface area (Å²) in [5.41, 5.74) is 0.777. The molecule has 120 valence electrons. The molecular weight excluding hydrogens is 291 g/mol. The summed E-state index contributed by atoms with van der Waals surface area (Å²) in [7, 11) is -2.34. The van der Waals surface area contributed by atoms with E-state index in [0.29, 0.717) is 19.3 Å². The van der Waals surface area contributed by atoms with E-state index in [2.05, 4.69) is 6.58 Å². The molecule has 5 nitrogen and oxygen atoms in total. The molecule has 1 rings (SSSR count). The Kier molecular flexibility index (Phi) is 6.85. The summed E-state index contributed by atoms with van der Waals surface area (Å²) < 4.78 is 29.2. The van der Waals surface area contributed by atoms with Crippen LogP contribution in [0.5, 0.6) is 0 Å². The van der Waals surface area contributed by atoms with E-state index in [4.69, 9.17) is 13.8 Å². The Morgan fingerprint density at radius 3 is 2.48 bits per heavy atom. The lowest BCUT2D eigenvalue weighted by Gasteiger charge is -2.34. The van der Waals surface area contributed by atoms with Crippen LogP contribution in [-0.2, 0) is 23.1 Å². The zero-order valence-electron chi connectivity index (χ0n) is 13.1. The van der Waals surface area contributed by atoms with Crippen molar-refractivity contribution in [2.24, 2.45) is 0 Å². The molecule has 0 spiro atoms. The number of rotatable bonds is 8. The summed E-state index contributed by atoms with van der Waals surface area (Å²) in [5, 5.41) is -1.31. The Bertz CT molecular complexity index is 447. The average molecular weight is 316 g/mol. The number of allylic oxidation sites excluding steroid dienone is 2. The number of carbonyl (C=O) groups excluding carboxylic acids is 1. The van der Waals surface area contributed by atoms with Crippen LogP contribution in [0.2, 0.25) is 0 Å². The maximum atomic E-state index is 13.3. The summed E-state index contributed by atoms with van der Waals surface area (Å²) >= 11 is 0. The van der Waals surface area contributed by atoms with Crippen LogP contribution in [0.4, 0.5) is 0 Å². The van der Waals surface area contributed by atoms with E-state index >= 15 is 0 Å². The quantitative estimate of drug-likeness (QED) is 0.387. The second-order valence-electron chi connectivity index (χ2n) is 4.79. The number of ether oxygens (including phenoxy) is 1. The lowest BCUT2D eigenvalue weighted by Crippen LogP contribution is -2.40. The van der Waals surface area contributed by atoms with Crippen molar-refractivity contribution in [2.45, 2.75) is 44.7 Å². The summed E-state index contributed by atoms with van der Waals surface area (Å²) in [6, 6.07) is 0. The first-order valence-electron chi connectivity index (χ1n) is 7.30. The minimum absolute atomic E-state index is 0.213. The third-order valence-corrected chi connectivity index (χ3v) is 6.46. The number of hydrogen-bond acceptors (Lipinski definition) is 5. The molecule has 1 fully saturated rings. The van der Waals surface area contributed by atoms with Gasteiger partial charge in [-0.25, -0.2) is 0 Å². The van der Waals surface area contributed by atoms with E-state index in [1.807, 2.05) is 6.08 Å². The van der Waals surface area contributed by atoms with Crippen molar-refractivity contribution in [2.75, 3.05) is 20.3 Å². The standard InChI is InChI=1S/C15H25O5P/c1-5-8-10-13-11-9-12-15(13,14(16)18-4)21(17,19-6-2)20-7-3/h5,10H,1,6-9,11-12H2,2-4H3/b13-10+. The van der Waals surface area contributed by atoms with Crippen LogP contribution in [0.25, 0.3) is 0 Å². The summed E-state index contributed by atoms with van der Waals surface area (Å²) in [5.74, 6) is -0.541. The van der Waals surface area contributed by atoms with Crippen LogP contribution in [0, 0.1) is 0 Å². The maximum absolute atomic E-state index is 13.3. The van der Waals surface area contributed by atoms with Gasteiger partial charge in [0.1, 0.15) is 0 Å². The Hall–Kier alpha value is -0.900. The van der Waals surface area contributed by atoms with E-state index in [-0.39, 0.29) is 13.2 Å². The zero-order valence-corrected chi connectivity index (χ0v) is 14.0. The lowest BCUT2D eigenvalue weighted by molar-refractivity contribution is -0.143. The van der Waals surface area contributed by atoms with Gasteiger partial charge in [-0.05, 0) is 45.1 Å².